The van der Waals surface area contributed by atoms with Crippen LogP contribution < -0.4 is 0 Å². The molecule has 0 aliphatic rings. The van der Waals surface area contributed by atoms with Crippen LogP contribution in [-0.4, -0.2) is 37.2 Å². The van der Waals surface area contributed by atoms with Crippen LogP contribution in [0.15, 0.2) is 134 Å². The Morgan fingerprint density at radius 1 is 0.263 bits per heavy atom. The molecule has 6 nitrogen and oxygen atoms in total. The van der Waals surface area contributed by atoms with E-state index >= 15 is 0 Å². The molecule has 0 aromatic rings. The Bertz CT molecular complexity index is 1700. The summed E-state index contributed by atoms with van der Waals surface area (Å²) >= 11 is 0. The molecule has 0 saturated heterocycles. The van der Waals surface area contributed by atoms with E-state index in [2.05, 4.69) is 154 Å². The molecule has 1 unspecified atom stereocenters. The molecule has 0 saturated carbocycles. The summed E-state index contributed by atoms with van der Waals surface area (Å²) in [6.07, 6.45) is 95.1. The minimum atomic E-state index is -0.792. The maximum atomic E-state index is 12.8. The smallest absolute Gasteiger partial charge is 0.306 e. The fourth-order valence-corrected chi connectivity index (χ4v) is 9.00. The molecule has 0 radical (unpaired) electrons. The van der Waals surface area contributed by atoms with Gasteiger partial charge in [-0.25, -0.2) is 0 Å². The normalized spacial score (nSPS) is 13.0. The standard InChI is InChI=1S/C74H122O6/c1-4-7-10-13-16-18-20-22-24-26-28-30-32-33-34-35-36-37-38-39-40-41-43-44-46-48-50-52-54-56-58-61-64-67-73(76)79-70-71(69-78-72(75)66-63-60-15-12-9-6-3)80-74(77)68-65-62-59-57-55-53-51-49-47-45-42-31-29-27-25-23-21-19-17-14-11-8-5-2/h7-8,10-11,16-19,22-25,28-31,33-34,45,47,51,53,71H,4-6,9,12-15,20-21,26-27,32,35-44,46,48-50,52,54-70H2,1-3H3/b10-7-,11-8-,18-16-,19-17-,24-22-,25-23-,30-28-,31-29-,34-33-,47-45-,53-51-. The SMILES string of the molecule is CC/C=C\C/C=C\C/C=C\C/C=C\C/C=C\C/C=C\CCCCCCC(=O)OC(COC(=O)CCCCCCCC)COC(=O)CCCCCCCCCCCCCCCCCCC/C=C\C/C=C\C/C=C\C/C=C\C/C=C\CC. The lowest BCUT2D eigenvalue weighted by molar-refractivity contribution is -0.167. The molecular weight excluding hydrogens is 985 g/mol. The Labute approximate surface area is 494 Å². The Balaban J connectivity index is 4.08. The van der Waals surface area contributed by atoms with E-state index in [4.69, 9.17) is 14.2 Å². The topological polar surface area (TPSA) is 78.9 Å². The minimum Gasteiger partial charge on any atom is -0.462 e. The van der Waals surface area contributed by atoms with E-state index in [9.17, 15) is 14.4 Å². The van der Waals surface area contributed by atoms with Gasteiger partial charge in [0.05, 0.1) is 0 Å². The van der Waals surface area contributed by atoms with E-state index in [1.807, 2.05) is 0 Å². The number of carbonyl (C=O) groups excluding carboxylic acids is 3. The van der Waals surface area contributed by atoms with Crippen molar-refractivity contribution in [3.63, 3.8) is 0 Å². The van der Waals surface area contributed by atoms with Gasteiger partial charge in [-0.05, 0) is 116 Å². The second-order valence-electron chi connectivity index (χ2n) is 21.6. The Hall–Kier alpha value is -4.45. The van der Waals surface area contributed by atoms with Crippen LogP contribution in [0.3, 0.4) is 0 Å². The second kappa shape index (κ2) is 67.1. The summed E-state index contributed by atoms with van der Waals surface area (Å²) in [6, 6.07) is 0. The largest absolute Gasteiger partial charge is 0.462 e. The summed E-state index contributed by atoms with van der Waals surface area (Å²) < 4.78 is 16.8. The van der Waals surface area contributed by atoms with Crippen molar-refractivity contribution in [2.45, 2.75) is 303 Å². The molecule has 0 aliphatic carbocycles. The van der Waals surface area contributed by atoms with E-state index in [0.29, 0.717) is 19.3 Å². The average molecular weight is 1110 g/mol. The van der Waals surface area contributed by atoms with Crippen molar-refractivity contribution >= 4 is 17.9 Å². The quantitative estimate of drug-likeness (QED) is 0.0261. The molecule has 0 aliphatic heterocycles. The molecular formula is C74H122O6. The van der Waals surface area contributed by atoms with Gasteiger partial charge in [-0.2, -0.15) is 0 Å². The lowest BCUT2D eigenvalue weighted by atomic mass is 10.0. The number of ether oxygens (including phenoxy) is 3. The van der Waals surface area contributed by atoms with E-state index in [-0.39, 0.29) is 31.1 Å². The van der Waals surface area contributed by atoms with Crippen molar-refractivity contribution in [2.75, 3.05) is 13.2 Å². The molecule has 6 heteroatoms. The maximum Gasteiger partial charge on any atom is 0.306 e. The number of hydrogen-bond donors (Lipinski definition) is 0. The molecule has 0 aromatic heterocycles. The lowest BCUT2D eigenvalue weighted by Crippen LogP contribution is -2.30. The first-order chi connectivity index (χ1) is 39.5. The van der Waals surface area contributed by atoms with Gasteiger partial charge in [0.2, 0.25) is 0 Å². The van der Waals surface area contributed by atoms with Crippen LogP contribution in [0.1, 0.15) is 297 Å². The van der Waals surface area contributed by atoms with Crippen LogP contribution in [0, 0.1) is 0 Å². The maximum absolute atomic E-state index is 12.8. The van der Waals surface area contributed by atoms with Crippen LogP contribution in [0.2, 0.25) is 0 Å². The summed E-state index contributed by atoms with van der Waals surface area (Å²) in [5.41, 5.74) is 0. The summed E-state index contributed by atoms with van der Waals surface area (Å²) in [5.74, 6) is -0.920. The summed E-state index contributed by atoms with van der Waals surface area (Å²) in [4.78, 5) is 38.0. The molecule has 0 N–H and O–H groups in total. The number of rotatable bonds is 59. The van der Waals surface area contributed by atoms with E-state index in [0.717, 1.165) is 141 Å². The highest BCUT2D eigenvalue weighted by molar-refractivity contribution is 5.71. The van der Waals surface area contributed by atoms with Crippen LogP contribution in [-0.2, 0) is 28.6 Å². The zero-order valence-corrected chi connectivity index (χ0v) is 52.0. The zero-order chi connectivity index (χ0) is 57.8. The highest BCUT2D eigenvalue weighted by Crippen LogP contribution is 2.16. The van der Waals surface area contributed by atoms with Crippen LogP contribution in [0.5, 0.6) is 0 Å². The molecule has 1 atom stereocenters. The van der Waals surface area contributed by atoms with E-state index in [1.165, 1.54) is 116 Å². The van der Waals surface area contributed by atoms with Gasteiger partial charge in [-0.15, -0.1) is 0 Å². The summed E-state index contributed by atoms with van der Waals surface area (Å²) in [6.45, 7) is 6.34. The molecule has 0 rings (SSSR count). The number of carbonyl (C=O) groups is 3. The first kappa shape index (κ1) is 75.5. The highest BCUT2D eigenvalue weighted by atomic mass is 16.6. The van der Waals surface area contributed by atoms with Gasteiger partial charge >= 0.3 is 17.9 Å². The zero-order valence-electron chi connectivity index (χ0n) is 52.0. The molecule has 0 amide bonds. The number of hydrogen-bond acceptors (Lipinski definition) is 6. The number of allylic oxidation sites excluding steroid dienone is 22. The summed E-state index contributed by atoms with van der Waals surface area (Å²) in [5, 5.41) is 0. The molecule has 454 valence electrons. The molecule has 0 fully saturated rings. The van der Waals surface area contributed by atoms with Crippen molar-refractivity contribution < 1.29 is 28.6 Å². The van der Waals surface area contributed by atoms with E-state index in [1.54, 1.807) is 0 Å². The monoisotopic (exact) mass is 1110 g/mol. The first-order valence-electron chi connectivity index (χ1n) is 33.2. The summed E-state index contributed by atoms with van der Waals surface area (Å²) in [7, 11) is 0. The third kappa shape index (κ3) is 64.4. The lowest BCUT2D eigenvalue weighted by Gasteiger charge is -2.18. The van der Waals surface area contributed by atoms with Gasteiger partial charge in [-0.1, -0.05) is 296 Å². The van der Waals surface area contributed by atoms with Gasteiger partial charge in [-0.3, -0.25) is 14.4 Å². The van der Waals surface area contributed by atoms with Crippen molar-refractivity contribution in [2.24, 2.45) is 0 Å². The second-order valence-corrected chi connectivity index (χ2v) is 21.6. The van der Waals surface area contributed by atoms with E-state index < -0.39 is 6.10 Å². The molecule has 0 spiro atoms. The predicted octanol–water partition coefficient (Wildman–Crippen LogP) is 22.9. The number of esters is 3. The third-order valence-electron chi connectivity index (χ3n) is 13.9. The Kier molecular flexibility index (Phi) is 63.3. The van der Waals surface area contributed by atoms with Crippen LogP contribution in [0.4, 0.5) is 0 Å². The van der Waals surface area contributed by atoms with Crippen LogP contribution in [0.25, 0.3) is 0 Å². The molecule has 0 bridgehead atoms. The minimum absolute atomic E-state index is 0.0890. The van der Waals surface area contributed by atoms with Crippen molar-refractivity contribution in [1.29, 1.82) is 0 Å². The Morgan fingerprint density at radius 2 is 0.487 bits per heavy atom. The van der Waals surface area contributed by atoms with Gasteiger partial charge in [0, 0.05) is 19.3 Å². The van der Waals surface area contributed by atoms with Gasteiger partial charge < -0.3 is 14.2 Å². The molecule has 80 heavy (non-hydrogen) atoms. The first-order valence-corrected chi connectivity index (χ1v) is 33.2. The molecule has 0 aromatic carbocycles. The number of unbranched alkanes of at least 4 members (excludes halogenated alkanes) is 26. The van der Waals surface area contributed by atoms with Crippen LogP contribution >= 0.6 is 0 Å². The van der Waals surface area contributed by atoms with Crippen molar-refractivity contribution in [1.82, 2.24) is 0 Å². The van der Waals surface area contributed by atoms with Crippen molar-refractivity contribution in [3.8, 4) is 0 Å². The average Bonchev–Trinajstić information content (AvgIpc) is 3.46. The van der Waals surface area contributed by atoms with Gasteiger partial charge in [0.15, 0.2) is 6.10 Å². The fourth-order valence-electron chi connectivity index (χ4n) is 9.00. The fraction of sp³-hybridized carbons (Fsp3) is 0.662. The van der Waals surface area contributed by atoms with Gasteiger partial charge in [0.25, 0.3) is 0 Å². The Morgan fingerprint density at radius 3 is 0.762 bits per heavy atom. The van der Waals surface area contributed by atoms with Gasteiger partial charge in [0.1, 0.15) is 13.2 Å². The highest BCUT2D eigenvalue weighted by Gasteiger charge is 2.19. The predicted molar refractivity (Wildman–Crippen MR) is 348 cm³/mol. The van der Waals surface area contributed by atoms with Crippen molar-refractivity contribution in [3.05, 3.63) is 134 Å². The molecule has 0 heterocycles. The third-order valence-corrected chi connectivity index (χ3v) is 13.9.